The predicted octanol–water partition coefficient (Wildman–Crippen LogP) is 3.90. The van der Waals surface area contributed by atoms with Crippen molar-refractivity contribution in [2.24, 2.45) is 5.92 Å². The minimum atomic E-state index is 0.274. The SMILES string of the molecule is CCCc1cccc2c(O)c(P)c(CC(C)C)c(O)c12. The highest BCUT2D eigenvalue weighted by Gasteiger charge is 2.18. The average Bonchev–Trinajstić information content (AvgIpc) is 2.41. The minimum absolute atomic E-state index is 0.274. The Labute approximate surface area is 123 Å². The molecule has 1 unspecified atom stereocenters. The molecular weight excluding hydrogens is 267 g/mol. The minimum Gasteiger partial charge on any atom is -0.507 e. The Hall–Kier alpha value is -1.27. The van der Waals surface area contributed by atoms with Crippen LogP contribution in [-0.2, 0) is 12.8 Å². The fraction of sp³-hybridized carbons (Fsp3) is 0.412. The van der Waals surface area contributed by atoms with Gasteiger partial charge in [0.1, 0.15) is 11.5 Å². The molecule has 2 nitrogen and oxygen atoms in total. The highest BCUT2D eigenvalue weighted by Crippen LogP contribution is 2.38. The maximum Gasteiger partial charge on any atom is 0.131 e. The van der Waals surface area contributed by atoms with Gasteiger partial charge in [0.15, 0.2) is 0 Å². The van der Waals surface area contributed by atoms with Crippen molar-refractivity contribution in [3.05, 3.63) is 29.3 Å². The van der Waals surface area contributed by atoms with Gasteiger partial charge in [-0.2, -0.15) is 0 Å². The summed E-state index contributed by atoms with van der Waals surface area (Å²) in [6.45, 7) is 6.35. The van der Waals surface area contributed by atoms with Gasteiger partial charge in [0.05, 0.1) is 0 Å². The smallest absolute Gasteiger partial charge is 0.131 e. The third-order valence-corrected chi connectivity index (χ3v) is 4.26. The van der Waals surface area contributed by atoms with Gasteiger partial charge in [0.25, 0.3) is 0 Å². The summed E-state index contributed by atoms with van der Waals surface area (Å²) >= 11 is 0. The number of fused-ring (bicyclic) bond motifs is 1. The van der Waals surface area contributed by atoms with Gasteiger partial charge in [0.2, 0.25) is 0 Å². The number of phenolic OH excluding ortho intramolecular Hbond substituents is 2. The summed E-state index contributed by atoms with van der Waals surface area (Å²) in [7, 11) is 2.57. The van der Waals surface area contributed by atoms with Gasteiger partial charge in [0, 0.05) is 21.6 Å². The van der Waals surface area contributed by atoms with Crippen LogP contribution in [0.25, 0.3) is 10.8 Å². The summed E-state index contributed by atoms with van der Waals surface area (Å²) in [5.41, 5.74) is 1.95. The van der Waals surface area contributed by atoms with E-state index in [4.69, 9.17) is 0 Å². The molecule has 20 heavy (non-hydrogen) atoms. The van der Waals surface area contributed by atoms with Crippen molar-refractivity contribution >= 4 is 25.3 Å². The summed E-state index contributed by atoms with van der Waals surface area (Å²) in [5.74, 6) is 1.03. The zero-order chi connectivity index (χ0) is 14.9. The van der Waals surface area contributed by atoms with Crippen molar-refractivity contribution in [1.82, 2.24) is 0 Å². The van der Waals surface area contributed by atoms with Crippen molar-refractivity contribution in [2.75, 3.05) is 0 Å². The Bertz CT molecular complexity index is 633. The molecule has 0 saturated carbocycles. The summed E-state index contributed by atoms with van der Waals surface area (Å²) in [5, 5.41) is 23.4. The first-order valence-corrected chi connectivity index (χ1v) is 7.78. The quantitative estimate of drug-likeness (QED) is 0.662. The third-order valence-electron chi connectivity index (χ3n) is 3.64. The van der Waals surface area contributed by atoms with Crippen LogP contribution in [0.2, 0.25) is 0 Å². The Balaban J connectivity index is 2.80. The molecule has 2 aromatic carbocycles. The van der Waals surface area contributed by atoms with Crippen LogP contribution in [0, 0.1) is 5.92 Å². The first kappa shape index (κ1) is 15.1. The molecule has 0 fully saturated rings. The normalized spacial score (nSPS) is 11.4. The summed E-state index contributed by atoms with van der Waals surface area (Å²) < 4.78 is 0. The molecule has 0 aliphatic heterocycles. The monoisotopic (exact) mass is 290 g/mol. The molecule has 0 bridgehead atoms. The molecule has 0 saturated heterocycles. The van der Waals surface area contributed by atoms with Crippen molar-refractivity contribution < 1.29 is 10.2 Å². The maximum atomic E-state index is 10.7. The molecule has 2 rings (SSSR count). The molecule has 2 N–H and O–H groups in total. The number of hydrogen-bond acceptors (Lipinski definition) is 2. The van der Waals surface area contributed by atoms with E-state index in [1.807, 2.05) is 18.2 Å². The van der Waals surface area contributed by atoms with Gasteiger partial charge in [-0.05, 0) is 24.3 Å². The lowest BCUT2D eigenvalue weighted by Crippen LogP contribution is -2.08. The lowest BCUT2D eigenvalue weighted by molar-refractivity contribution is 0.462. The van der Waals surface area contributed by atoms with Gasteiger partial charge < -0.3 is 10.2 Å². The Morgan fingerprint density at radius 1 is 1.15 bits per heavy atom. The fourth-order valence-electron chi connectivity index (χ4n) is 2.74. The van der Waals surface area contributed by atoms with Crippen molar-refractivity contribution in [2.45, 2.75) is 40.0 Å². The van der Waals surface area contributed by atoms with Crippen molar-refractivity contribution in [1.29, 1.82) is 0 Å². The Morgan fingerprint density at radius 3 is 2.45 bits per heavy atom. The van der Waals surface area contributed by atoms with E-state index in [9.17, 15) is 10.2 Å². The van der Waals surface area contributed by atoms with Gasteiger partial charge in [-0.3, -0.25) is 0 Å². The molecule has 1 atom stereocenters. The van der Waals surface area contributed by atoms with E-state index in [0.29, 0.717) is 11.7 Å². The second kappa shape index (κ2) is 6.01. The zero-order valence-electron chi connectivity index (χ0n) is 12.4. The molecule has 0 heterocycles. The second-order valence-corrected chi connectivity index (χ2v) is 6.35. The van der Waals surface area contributed by atoms with E-state index in [-0.39, 0.29) is 5.75 Å². The first-order chi connectivity index (χ1) is 9.47. The molecule has 108 valence electrons. The maximum absolute atomic E-state index is 10.7. The zero-order valence-corrected chi connectivity index (χ0v) is 13.6. The standard InChI is InChI=1S/C17H23O2P/c1-4-6-11-7-5-8-12-14(11)15(18)13(9-10(2)3)17(20)16(12)19/h5,7-8,10,18-19H,4,6,9,20H2,1-3H3. The van der Waals surface area contributed by atoms with E-state index in [2.05, 4.69) is 30.0 Å². The lowest BCUT2D eigenvalue weighted by atomic mass is 9.93. The van der Waals surface area contributed by atoms with E-state index in [1.165, 1.54) is 0 Å². The number of rotatable bonds is 4. The topological polar surface area (TPSA) is 40.5 Å². The molecule has 0 aromatic heterocycles. The van der Waals surface area contributed by atoms with Crippen molar-refractivity contribution in [3.63, 3.8) is 0 Å². The van der Waals surface area contributed by atoms with Crippen LogP contribution >= 0.6 is 9.24 Å². The van der Waals surface area contributed by atoms with Gasteiger partial charge >= 0.3 is 0 Å². The number of benzene rings is 2. The van der Waals surface area contributed by atoms with Gasteiger partial charge in [-0.15, -0.1) is 9.24 Å². The summed E-state index contributed by atoms with van der Waals surface area (Å²) in [4.78, 5) is 0. The molecule has 0 aliphatic carbocycles. The molecular formula is C17H23O2P. The van der Waals surface area contributed by atoms with E-state index < -0.39 is 0 Å². The van der Waals surface area contributed by atoms with Crippen LogP contribution in [0.4, 0.5) is 0 Å². The molecule has 0 radical (unpaired) electrons. The van der Waals surface area contributed by atoms with E-state index >= 15 is 0 Å². The lowest BCUT2D eigenvalue weighted by Gasteiger charge is -2.17. The average molecular weight is 290 g/mol. The number of aryl methyl sites for hydroxylation is 1. The van der Waals surface area contributed by atoms with E-state index in [1.54, 1.807) is 0 Å². The third kappa shape index (κ3) is 2.62. The van der Waals surface area contributed by atoms with Crippen LogP contribution < -0.4 is 5.30 Å². The fourth-order valence-corrected chi connectivity index (χ4v) is 3.15. The van der Waals surface area contributed by atoms with Gasteiger partial charge in [-0.1, -0.05) is 45.4 Å². The van der Waals surface area contributed by atoms with Crippen LogP contribution in [0.1, 0.15) is 38.3 Å². The second-order valence-electron chi connectivity index (χ2n) is 5.78. The Kier molecular flexibility index (Phi) is 4.55. The first-order valence-electron chi connectivity index (χ1n) is 7.21. The van der Waals surface area contributed by atoms with E-state index in [0.717, 1.165) is 46.5 Å². The van der Waals surface area contributed by atoms with Crippen LogP contribution in [0.5, 0.6) is 11.5 Å². The molecule has 0 aliphatic rings. The van der Waals surface area contributed by atoms with Crippen LogP contribution in [0.3, 0.4) is 0 Å². The summed E-state index contributed by atoms with van der Waals surface area (Å²) in [6.07, 6.45) is 2.68. The highest BCUT2D eigenvalue weighted by atomic mass is 31.0. The number of phenols is 2. The predicted molar refractivity (Wildman–Crippen MR) is 89.2 cm³/mol. The van der Waals surface area contributed by atoms with Crippen LogP contribution in [-0.4, -0.2) is 10.2 Å². The molecule has 3 heteroatoms. The van der Waals surface area contributed by atoms with Gasteiger partial charge in [-0.25, -0.2) is 0 Å². The molecule has 2 aromatic rings. The molecule has 0 amide bonds. The highest BCUT2D eigenvalue weighted by molar-refractivity contribution is 7.28. The largest absolute Gasteiger partial charge is 0.507 e. The molecule has 0 spiro atoms. The van der Waals surface area contributed by atoms with Crippen LogP contribution in [0.15, 0.2) is 18.2 Å². The summed E-state index contributed by atoms with van der Waals surface area (Å²) in [6, 6.07) is 5.85. The van der Waals surface area contributed by atoms with Crippen molar-refractivity contribution in [3.8, 4) is 11.5 Å². The number of aromatic hydroxyl groups is 2. The Morgan fingerprint density at radius 2 is 1.85 bits per heavy atom. The number of hydrogen-bond donors (Lipinski definition) is 2.